The lowest BCUT2D eigenvalue weighted by Crippen LogP contribution is -2.24. The number of benzene rings is 1. The summed E-state index contributed by atoms with van der Waals surface area (Å²) in [6.45, 7) is 1.41. The summed E-state index contributed by atoms with van der Waals surface area (Å²) in [4.78, 5) is 2.11. The Morgan fingerprint density at radius 1 is 1.40 bits per heavy atom. The van der Waals surface area contributed by atoms with Gasteiger partial charge >= 0.3 is 0 Å². The zero-order chi connectivity index (χ0) is 14.5. The van der Waals surface area contributed by atoms with Crippen LogP contribution >= 0.6 is 27.3 Å². The van der Waals surface area contributed by atoms with Gasteiger partial charge in [0.1, 0.15) is 5.75 Å². The van der Waals surface area contributed by atoms with Crippen molar-refractivity contribution in [1.82, 2.24) is 4.90 Å². The van der Waals surface area contributed by atoms with Crippen LogP contribution in [0.3, 0.4) is 0 Å². The van der Waals surface area contributed by atoms with Crippen LogP contribution in [0, 0.1) is 0 Å². The highest BCUT2D eigenvalue weighted by Crippen LogP contribution is 2.23. The smallest absolute Gasteiger partial charge is 0.119 e. The van der Waals surface area contributed by atoms with Gasteiger partial charge in [0.05, 0.1) is 17.0 Å². The molecule has 0 bridgehead atoms. The summed E-state index contributed by atoms with van der Waals surface area (Å²) in [6.07, 6.45) is -0.517. The maximum absolute atomic E-state index is 10.3. The molecule has 5 heteroatoms. The second-order valence-corrected chi connectivity index (χ2v) is 7.04. The zero-order valence-corrected chi connectivity index (χ0v) is 13.9. The summed E-state index contributed by atoms with van der Waals surface area (Å²) in [5, 5.41) is 12.4. The molecular weight excluding hydrogens is 338 g/mol. The molecule has 2 rings (SSSR count). The Labute approximate surface area is 131 Å². The van der Waals surface area contributed by atoms with Crippen LogP contribution in [-0.4, -0.2) is 30.7 Å². The highest BCUT2D eigenvalue weighted by Gasteiger charge is 2.12. The van der Waals surface area contributed by atoms with E-state index in [1.807, 2.05) is 31.3 Å². The third-order valence-corrected chi connectivity index (χ3v) is 4.59. The molecular formula is C15H18BrNO2S. The second-order valence-electron chi connectivity index (χ2n) is 4.75. The lowest BCUT2D eigenvalue weighted by Gasteiger charge is -2.20. The molecule has 0 radical (unpaired) electrons. The first kappa shape index (κ1) is 15.5. The number of rotatable bonds is 6. The average molecular weight is 356 g/mol. The standard InChI is InChI=1S/C15H18BrNO2S/c1-17(8-11-6-15(16)20-10-11)9-14(18)12-4-3-5-13(7-12)19-2/h3-7,10,14,18H,8-9H2,1-2H3. The third kappa shape index (κ3) is 4.31. The maximum Gasteiger partial charge on any atom is 0.119 e. The minimum atomic E-state index is -0.517. The van der Waals surface area contributed by atoms with Gasteiger partial charge in [-0.25, -0.2) is 0 Å². The number of aliphatic hydroxyl groups excluding tert-OH is 1. The first-order chi connectivity index (χ1) is 9.58. The van der Waals surface area contributed by atoms with Gasteiger partial charge in [-0.3, -0.25) is 4.90 Å². The van der Waals surface area contributed by atoms with E-state index >= 15 is 0 Å². The molecule has 0 spiro atoms. The molecule has 0 aliphatic rings. The number of likely N-dealkylation sites (N-methyl/N-ethyl adjacent to an activating group) is 1. The Bertz CT molecular complexity index is 558. The molecule has 3 nitrogen and oxygen atoms in total. The SMILES string of the molecule is COc1cccc(C(O)CN(C)Cc2csc(Br)c2)c1. The molecule has 1 N–H and O–H groups in total. The Hall–Kier alpha value is -0.880. The molecule has 0 saturated heterocycles. The summed E-state index contributed by atoms with van der Waals surface area (Å²) in [5.74, 6) is 0.769. The number of hydrogen-bond donors (Lipinski definition) is 1. The van der Waals surface area contributed by atoms with Gasteiger partial charge in [0, 0.05) is 13.1 Å². The van der Waals surface area contributed by atoms with E-state index in [-0.39, 0.29) is 0 Å². The molecule has 0 aliphatic carbocycles. The Kier molecular flexibility index (Phi) is 5.60. The normalized spacial score (nSPS) is 12.7. The van der Waals surface area contributed by atoms with Crippen LogP contribution in [0.2, 0.25) is 0 Å². The van der Waals surface area contributed by atoms with Crippen LogP contribution < -0.4 is 4.74 Å². The average Bonchev–Trinajstić information content (AvgIpc) is 2.83. The van der Waals surface area contributed by atoms with Crippen molar-refractivity contribution in [1.29, 1.82) is 0 Å². The predicted molar refractivity (Wildman–Crippen MR) is 86.3 cm³/mol. The van der Waals surface area contributed by atoms with Crippen molar-refractivity contribution in [3.63, 3.8) is 0 Å². The highest BCUT2D eigenvalue weighted by molar-refractivity contribution is 9.11. The van der Waals surface area contributed by atoms with Crippen molar-refractivity contribution in [3.05, 3.63) is 50.6 Å². The minimum Gasteiger partial charge on any atom is -0.497 e. The van der Waals surface area contributed by atoms with E-state index in [1.54, 1.807) is 18.4 Å². The molecule has 0 fully saturated rings. The number of methoxy groups -OCH3 is 1. The Balaban J connectivity index is 1.94. The topological polar surface area (TPSA) is 32.7 Å². The van der Waals surface area contributed by atoms with Crippen molar-refractivity contribution in [2.24, 2.45) is 0 Å². The summed E-state index contributed by atoms with van der Waals surface area (Å²) in [7, 11) is 3.64. The van der Waals surface area contributed by atoms with Crippen LogP contribution in [-0.2, 0) is 6.54 Å². The van der Waals surface area contributed by atoms with Gasteiger partial charge in [-0.1, -0.05) is 12.1 Å². The molecule has 20 heavy (non-hydrogen) atoms. The van der Waals surface area contributed by atoms with Gasteiger partial charge in [-0.05, 0) is 57.7 Å². The number of hydrogen-bond acceptors (Lipinski definition) is 4. The fourth-order valence-electron chi connectivity index (χ4n) is 2.05. The van der Waals surface area contributed by atoms with Crippen molar-refractivity contribution in [2.45, 2.75) is 12.6 Å². The summed E-state index contributed by atoms with van der Waals surface area (Å²) < 4.78 is 6.31. The fourth-order valence-corrected chi connectivity index (χ4v) is 3.25. The van der Waals surface area contributed by atoms with Crippen LogP contribution in [0.15, 0.2) is 39.5 Å². The molecule has 1 aromatic heterocycles. The first-order valence-electron chi connectivity index (χ1n) is 6.32. The summed E-state index contributed by atoms with van der Waals surface area (Å²) in [5.41, 5.74) is 2.13. The van der Waals surface area contributed by atoms with E-state index in [4.69, 9.17) is 4.74 Å². The monoisotopic (exact) mass is 355 g/mol. The zero-order valence-electron chi connectivity index (χ0n) is 11.5. The van der Waals surface area contributed by atoms with Gasteiger partial charge in [-0.2, -0.15) is 0 Å². The van der Waals surface area contributed by atoms with Gasteiger partial charge in [0.2, 0.25) is 0 Å². The van der Waals surface area contributed by atoms with Crippen molar-refractivity contribution >= 4 is 27.3 Å². The number of nitrogens with zero attached hydrogens (tertiary/aromatic N) is 1. The molecule has 0 aliphatic heterocycles. The Morgan fingerprint density at radius 3 is 2.85 bits per heavy atom. The van der Waals surface area contributed by atoms with Gasteiger partial charge in [-0.15, -0.1) is 11.3 Å². The number of thiophene rings is 1. The van der Waals surface area contributed by atoms with E-state index in [0.717, 1.165) is 21.6 Å². The summed E-state index contributed by atoms with van der Waals surface area (Å²) >= 11 is 5.14. The number of halogens is 1. The molecule has 108 valence electrons. The predicted octanol–water partition coefficient (Wildman–Crippen LogP) is 3.68. The minimum absolute atomic E-state index is 0.517. The molecule has 2 aromatic rings. The maximum atomic E-state index is 10.3. The van der Waals surface area contributed by atoms with Crippen LogP contribution in [0.4, 0.5) is 0 Å². The second kappa shape index (κ2) is 7.22. The molecule has 1 atom stereocenters. The summed E-state index contributed by atoms with van der Waals surface area (Å²) in [6, 6.07) is 9.68. The van der Waals surface area contributed by atoms with Crippen molar-refractivity contribution < 1.29 is 9.84 Å². The lowest BCUT2D eigenvalue weighted by molar-refractivity contribution is 0.123. The molecule has 1 heterocycles. The largest absolute Gasteiger partial charge is 0.497 e. The Morgan fingerprint density at radius 2 is 2.20 bits per heavy atom. The van der Waals surface area contributed by atoms with Crippen molar-refractivity contribution in [3.8, 4) is 5.75 Å². The van der Waals surface area contributed by atoms with Crippen molar-refractivity contribution in [2.75, 3.05) is 20.7 Å². The fraction of sp³-hybridized carbons (Fsp3) is 0.333. The number of aliphatic hydroxyl groups is 1. The molecule has 1 aromatic carbocycles. The molecule has 1 unspecified atom stereocenters. The molecule has 0 amide bonds. The van der Waals surface area contributed by atoms with Crippen LogP contribution in [0.1, 0.15) is 17.2 Å². The highest BCUT2D eigenvalue weighted by atomic mass is 79.9. The first-order valence-corrected chi connectivity index (χ1v) is 7.99. The third-order valence-electron chi connectivity index (χ3n) is 3.04. The van der Waals surface area contributed by atoms with Gasteiger partial charge < -0.3 is 9.84 Å². The van der Waals surface area contributed by atoms with Crippen LogP contribution in [0.5, 0.6) is 5.75 Å². The van der Waals surface area contributed by atoms with Gasteiger partial charge in [0.25, 0.3) is 0 Å². The quantitative estimate of drug-likeness (QED) is 0.857. The van der Waals surface area contributed by atoms with E-state index in [2.05, 4.69) is 32.3 Å². The lowest BCUT2D eigenvalue weighted by atomic mass is 10.1. The van der Waals surface area contributed by atoms with E-state index < -0.39 is 6.10 Å². The number of ether oxygens (including phenoxy) is 1. The van der Waals surface area contributed by atoms with Crippen LogP contribution in [0.25, 0.3) is 0 Å². The van der Waals surface area contributed by atoms with E-state index in [1.165, 1.54) is 5.56 Å². The van der Waals surface area contributed by atoms with E-state index in [9.17, 15) is 5.11 Å². The van der Waals surface area contributed by atoms with Gasteiger partial charge in [0.15, 0.2) is 0 Å². The van der Waals surface area contributed by atoms with E-state index in [0.29, 0.717) is 6.54 Å². The molecule has 0 saturated carbocycles.